The predicted octanol–water partition coefficient (Wildman–Crippen LogP) is 1.76. The number of aliphatic hydroxyl groups excluding tert-OH is 1. The summed E-state index contributed by atoms with van der Waals surface area (Å²) in [7, 11) is 0. The van der Waals surface area contributed by atoms with Crippen LogP contribution in [-0.2, 0) is 0 Å². The van der Waals surface area contributed by atoms with Crippen LogP contribution >= 0.6 is 0 Å². The van der Waals surface area contributed by atoms with E-state index in [9.17, 15) is 9.50 Å². The number of piperidine rings is 1. The Hall–Kier alpha value is -1.13. The van der Waals surface area contributed by atoms with E-state index in [1.807, 2.05) is 0 Å². The molecule has 1 unspecified atom stereocenters. The highest BCUT2D eigenvalue weighted by Crippen LogP contribution is 2.43. The molecule has 0 radical (unpaired) electrons. The van der Waals surface area contributed by atoms with Crippen LogP contribution < -0.4 is 10.1 Å². The van der Waals surface area contributed by atoms with Crippen LogP contribution in [0.4, 0.5) is 4.39 Å². The Morgan fingerprint density at radius 2 is 2.12 bits per heavy atom. The summed E-state index contributed by atoms with van der Waals surface area (Å²) < 4.78 is 19.2. The first kappa shape index (κ1) is 11.0. The summed E-state index contributed by atoms with van der Waals surface area (Å²) in [6, 6.07) is 4.36. The maximum atomic E-state index is 13.2. The van der Waals surface area contributed by atoms with Crippen LogP contribution in [0.25, 0.3) is 0 Å². The molecule has 1 saturated heterocycles. The Morgan fingerprint density at radius 1 is 1.35 bits per heavy atom. The van der Waals surface area contributed by atoms with Gasteiger partial charge in [-0.15, -0.1) is 0 Å². The molecule has 0 aliphatic carbocycles. The van der Waals surface area contributed by atoms with E-state index in [4.69, 9.17) is 4.74 Å². The van der Waals surface area contributed by atoms with Gasteiger partial charge in [-0.05, 0) is 38.1 Å². The van der Waals surface area contributed by atoms with Crippen LogP contribution in [0.15, 0.2) is 18.2 Å². The molecule has 1 aromatic rings. The van der Waals surface area contributed by atoms with Gasteiger partial charge >= 0.3 is 0 Å². The smallest absolute Gasteiger partial charge is 0.128 e. The lowest BCUT2D eigenvalue weighted by Gasteiger charge is -2.43. The van der Waals surface area contributed by atoms with Gasteiger partial charge in [0.15, 0.2) is 0 Å². The van der Waals surface area contributed by atoms with Gasteiger partial charge < -0.3 is 15.2 Å². The summed E-state index contributed by atoms with van der Waals surface area (Å²) in [5, 5.41) is 13.4. The zero-order valence-corrected chi connectivity index (χ0v) is 9.58. The van der Waals surface area contributed by atoms with Crippen LogP contribution in [0.5, 0.6) is 5.75 Å². The van der Waals surface area contributed by atoms with E-state index >= 15 is 0 Å². The highest BCUT2D eigenvalue weighted by molar-refractivity contribution is 5.38. The number of aliphatic hydroxyl groups is 1. The Bertz CT molecular complexity index is 429. The second-order valence-corrected chi connectivity index (χ2v) is 4.94. The highest BCUT2D eigenvalue weighted by atomic mass is 19.1. The number of rotatable bonds is 0. The van der Waals surface area contributed by atoms with Crippen molar-refractivity contribution in [3.8, 4) is 5.75 Å². The molecule has 1 fully saturated rings. The molecule has 3 rings (SSSR count). The van der Waals surface area contributed by atoms with Gasteiger partial charge in [-0.1, -0.05) is 0 Å². The molecule has 2 heterocycles. The molecule has 0 aromatic heterocycles. The fourth-order valence-electron chi connectivity index (χ4n) is 2.80. The van der Waals surface area contributed by atoms with Gasteiger partial charge in [0.1, 0.15) is 17.2 Å². The second kappa shape index (κ2) is 3.96. The van der Waals surface area contributed by atoms with Crippen molar-refractivity contribution in [3.63, 3.8) is 0 Å². The lowest BCUT2D eigenvalue weighted by molar-refractivity contribution is -0.0339. The van der Waals surface area contributed by atoms with Crippen molar-refractivity contribution in [3.05, 3.63) is 29.6 Å². The summed E-state index contributed by atoms with van der Waals surface area (Å²) in [5.74, 6) is 0.188. The van der Waals surface area contributed by atoms with E-state index in [-0.39, 0.29) is 11.4 Å². The van der Waals surface area contributed by atoms with Crippen molar-refractivity contribution in [2.75, 3.05) is 13.1 Å². The van der Waals surface area contributed by atoms with Crippen molar-refractivity contribution in [1.29, 1.82) is 0 Å². The van der Waals surface area contributed by atoms with Crippen molar-refractivity contribution in [2.24, 2.45) is 0 Å². The van der Waals surface area contributed by atoms with Crippen molar-refractivity contribution in [1.82, 2.24) is 5.32 Å². The van der Waals surface area contributed by atoms with Crippen molar-refractivity contribution >= 4 is 0 Å². The molecule has 17 heavy (non-hydrogen) atoms. The van der Waals surface area contributed by atoms with Crippen LogP contribution in [0.1, 0.15) is 30.9 Å². The molecule has 1 aromatic carbocycles. The van der Waals surface area contributed by atoms with Gasteiger partial charge in [-0.2, -0.15) is 0 Å². The van der Waals surface area contributed by atoms with Gasteiger partial charge in [0, 0.05) is 18.1 Å². The monoisotopic (exact) mass is 237 g/mol. The molecule has 0 amide bonds. The van der Waals surface area contributed by atoms with E-state index < -0.39 is 6.10 Å². The fourth-order valence-corrected chi connectivity index (χ4v) is 2.80. The molecule has 1 atom stereocenters. The van der Waals surface area contributed by atoms with Gasteiger partial charge in [0.2, 0.25) is 0 Å². The molecule has 1 spiro atoms. The molecule has 0 saturated carbocycles. The van der Waals surface area contributed by atoms with Gasteiger partial charge in [-0.25, -0.2) is 4.39 Å². The Labute approximate surface area is 99.6 Å². The first-order valence-electron chi connectivity index (χ1n) is 6.06. The summed E-state index contributed by atoms with van der Waals surface area (Å²) >= 11 is 0. The zero-order valence-electron chi connectivity index (χ0n) is 9.58. The fraction of sp³-hybridized carbons (Fsp3) is 0.538. The number of halogens is 1. The van der Waals surface area contributed by atoms with E-state index in [0.29, 0.717) is 17.7 Å². The van der Waals surface area contributed by atoms with Crippen LogP contribution in [-0.4, -0.2) is 23.8 Å². The van der Waals surface area contributed by atoms with Crippen LogP contribution in [0.3, 0.4) is 0 Å². The number of hydrogen-bond donors (Lipinski definition) is 2. The second-order valence-electron chi connectivity index (χ2n) is 4.94. The molecule has 2 aliphatic rings. The van der Waals surface area contributed by atoms with Gasteiger partial charge in [-0.3, -0.25) is 0 Å². The largest absolute Gasteiger partial charge is 0.487 e. The van der Waals surface area contributed by atoms with E-state index in [0.717, 1.165) is 25.9 Å². The minimum Gasteiger partial charge on any atom is -0.487 e. The number of fused-ring (bicyclic) bond motifs is 1. The summed E-state index contributed by atoms with van der Waals surface area (Å²) in [5.41, 5.74) is 0.390. The first-order valence-corrected chi connectivity index (χ1v) is 6.06. The minimum atomic E-state index is -0.544. The average molecular weight is 237 g/mol. The quantitative estimate of drug-likeness (QED) is 0.722. The maximum Gasteiger partial charge on any atom is 0.128 e. The SMILES string of the molecule is OC1CC2(CCNCC2)Oc2cc(F)ccc21. The summed E-state index contributed by atoms with van der Waals surface area (Å²) in [6.07, 6.45) is 1.78. The molecule has 92 valence electrons. The van der Waals surface area contributed by atoms with E-state index in [1.54, 1.807) is 6.07 Å². The van der Waals surface area contributed by atoms with E-state index in [1.165, 1.54) is 12.1 Å². The van der Waals surface area contributed by atoms with Crippen molar-refractivity contribution in [2.45, 2.75) is 31.0 Å². The van der Waals surface area contributed by atoms with Crippen molar-refractivity contribution < 1.29 is 14.2 Å². The lowest BCUT2D eigenvalue weighted by atomic mass is 9.82. The average Bonchev–Trinajstić information content (AvgIpc) is 2.29. The third-order valence-corrected chi connectivity index (χ3v) is 3.74. The molecular formula is C13H16FNO2. The summed E-state index contributed by atoms with van der Waals surface area (Å²) in [4.78, 5) is 0. The topological polar surface area (TPSA) is 41.5 Å². The third-order valence-electron chi connectivity index (χ3n) is 3.74. The number of ether oxygens (including phenoxy) is 1. The molecule has 2 aliphatic heterocycles. The number of hydrogen-bond acceptors (Lipinski definition) is 3. The number of nitrogens with one attached hydrogen (secondary N) is 1. The van der Waals surface area contributed by atoms with Crippen LogP contribution in [0.2, 0.25) is 0 Å². The lowest BCUT2D eigenvalue weighted by Crippen LogP contribution is -2.49. The Morgan fingerprint density at radius 3 is 2.88 bits per heavy atom. The maximum absolute atomic E-state index is 13.2. The predicted molar refractivity (Wildman–Crippen MR) is 61.4 cm³/mol. The van der Waals surface area contributed by atoms with Gasteiger partial charge in [0.05, 0.1) is 6.10 Å². The van der Waals surface area contributed by atoms with Crippen LogP contribution in [0, 0.1) is 5.82 Å². The summed E-state index contributed by atoms with van der Waals surface area (Å²) in [6.45, 7) is 1.77. The number of benzene rings is 1. The Kier molecular flexibility index (Phi) is 2.56. The van der Waals surface area contributed by atoms with E-state index in [2.05, 4.69) is 5.32 Å². The molecule has 3 nitrogen and oxygen atoms in total. The normalized spacial score (nSPS) is 26.4. The van der Waals surface area contributed by atoms with Gasteiger partial charge in [0.25, 0.3) is 0 Å². The molecule has 2 N–H and O–H groups in total. The molecular weight excluding hydrogens is 221 g/mol. The first-order chi connectivity index (χ1) is 8.19. The highest BCUT2D eigenvalue weighted by Gasteiger charge is 2.41. The minimum absolute atomic E-state index is 0.314. The zero-order chi connectivity index (χ0) is 11.9. The third kappa shape index (κ3) is 1.91. The standard InChI is InChI=1S/C13H16FNO2/c14-9-1-2-10-11(16)8-13(17-12(10)7-9)3-5-15-6-4-13/h1-2,7,11,15-16H,3-6,8H2. The molecule has 0 bridgehead atoms. The molecule has 4 heteroatoms. The Balaban J connectivity index is 1.95.